The molecule has 0 unspecified atom stereocenters. The first-order chi connectivity index (χ1) is 9.65. The van der Waals surface area contributed by atoms with Crippen molar-refractivity contribution in [2.45, 2.75) is 6.92 Å². The Morgan fingerprint density at radius 1 is 1.20 bits per heavy atom. The highest BCUT2D eigenvalue weighted by atomic mass is 35.5. The third kappa shape index (κ3) is 2.40. The van der Waals surface area contributed by atoms with Gasteiger partial charge in [-0.2, -0.15) is 0 Å². The van der Waals surface area contributed by atoms with E-state index in [1.807, 2.05) is 19.2 Å². The Hall–Kier alpha value is -1.91. The molecule has 2 heterocycles. The summed E-state index contributed by atoms with van der Waals surface area (Å²) >= 11 is 12.2. The van der Waals surface area contributed by atoms with E-state index in [9.17, 15) is 0 Å². The highest BCUT2D eigenvalue weighted by Gasteiger charge is 2.14. The maximum Gasteiger partial charge on any atom is 0.198 e. The van der Waals surface area contributed by atoms with Gasteiger partial charge in [-0.1, -0.05) is 23.2 Å². The number of rotatable bonds is 2. The Balaban J connectivity index is 2.19. The van der Waals surface area contributed by atoms with Crippen LogP contribution in [0.25, 0.3) is 22.6 Å². The van der Waals surface area contributed by atoms with Gasteiger partial charge < -0.3 is 4.98 Å². The second-order valence-electron chi connectivity index (χ2n) is 4.25. The summed E-state index contributed by atoms with van der Waals surface area (Å²) in [5.41, 5.74) is 3.08. The molecule has 6 heteroatoms. The van der Waals surface area contributed by atoms with E-state index in [1.165, 1.54) is 0 Å². The maximum absolute atomic E-state index is 6.24. The first-order valence-electron chi connectivity index (χ1n) is 5.86. The lowest BCUT2D eigenvalue weighted by Gasteiger charge is -2.07. The smallest absolute Gasteiger partial charge is 0.198 e. The summed E-state index contributed by atoms with van der Waals surface area (Å²) < 4.78 is 0. The number of halogens is 2. The molecule has 20 heavy (non-hydrogen) atoms. The average Bonchev–Trinajstić information content (AvgIpc) is 2.85. The molecule has 0 aliphatic carbocycles. The van der Waals surface area contributed by atoms with Crippen molar-refractivity contribution in [3.8, 4) is 22.6 Å². The van der Waals surface area contributed by atoms with Gasteiger partial charge in [-0.05, 0) is 25.1 Å². The molecular weight excluding hydrogens is 295 g/mol. The van der Waals surface area contributed by atoms with Gasteiger partial charge in [-0.15, -0.1) is 0 Å². The summed E-state index contributed by atoms with van der Waals surface area (Å²) in [4.78, 5) is 15.6. The van der Waals surface area contributed by atoms with Crippen molar-refractivity contribution in [2.75, 3.05) is 0 Å². The van der Waals surface area contributed by atoms with Crippen molar-refractivity contribution >= 4 is 23.2 Å². The van der Waals surface area contributed by atoms with Gasteiger partial charge in [0.25, 0.3) is 0 Å². The zero-order valence-electron chi connectivity index (χ0n) is 10.5. The minimum Gasteiger partial charge on any atom is -0.344 e. The summed E-state index contributed by atoms with van der Waals surface area (Å²) in [7, 11) is 0. The van der Waals surface area contributed by atoms with Crippen LogP contribution in [0.2, 0.25) is 10.0 Å². The van der Waals surface area contributed by atoms with Gasteiger partial charge in [0.05, 0.1) is 22.0 Å². The lowest BCUT2D eigenvalue weighted by atomic mass is 10.1. The van der Waals surface area contributed by atoms with E-state index >= 15 is 0 Å². The second-order valence-corrected chi connectivity index (χ2v) is 5.09. The van der Waals surface area contributed by atoms with Crippen LogP contribution >= 0.6 is 23.2 Å². The van der Waals surface area contributed by atoms with Gasteiger partial charge in [0.1, 0.15) is 5.82 Å². The van der Waals surface area contributed by atoms with Crippen LogP contribution in [0.15, 0.2) is 30.6 Å². The summed E-state index contributed by atoms with van der Waals surface area (Å²) in [6.07, 6.45) is 6.06. The molecule has 0 amide bonds. The molecule has 0 saturated carbocycles. The number of aryl methyl sites for hydroxylation is 1. The molecule has 0 aliphatic rings. The van der Waals surface area contributed by atoms with Crippen LogP contribution in [0.4, 0.5) is 0 Å². The fourth-order valence-electron chi connectivity index (χ4n) is 1.91. The van der Waals surface area contributed by atoms with Crippen LogP contribution in [0.1, 0.15) is 5.69 Å². The normalized spacial score (nSPS) is 10.8. The van der Waals surface area contributed by atoms with Gasteiger partial charge in [-0.25, -0.2) is 15.0 Å². The average molecular weight is 304 g/mol. The highest BCUT2D eigenvalue weighted by Crippen LogP contribution is 2.33. The Morgan fingerprint density at radius 2 is 2.05 bits per heavy atom. The monoisotopic (exact) mass is 303 g/mol. The third-order valence-electron chi connectivity index (χ3n) is 2.82. The van der Waals surface area contributed by atoms with Crippen LogP contribution < -0.4 is 0 Å². The molecule has 2 aromatic heterocycles. The van der Waals surface area contributed by atoms with Crippen molar-refractivity contribution in [1.82, 2.24) is 19.9 Å². The molecule has 4 nitrogen and oxygen atoms in total. The number of hydrogen-bond donors (Lipinski definition) is 1. The molecular formula is C14H9Cl2N4. The highest BCUT2D eigenvalue weighted by molar-refractivity contribution is 6.36. The number of nitrogens with zero attached hydrogens (tertiary/aromatic N) is 3. The van der Waals surface area contributed by atoms with Gasteiger partial charge >= 0.3 is 0 Å². The summed E-state index contributed by atoms with van der Waals surface area (Å²) in [6.45, 7) is 1.91. The van der Waals surface area contributed by atoms with Crippen molar-refractivity contribution in [1.29, 1.82) is 0 Å². The Kier molecular flexibility index (Phi) is 3.42. The Bertz CT molecular complexity index is 767. The molecule has 0 saturated heterocycles. The topological polar surface area (TPSA) is 54.5 Å². The first-order valence-corrected chi connectivity index (χ1v) is 6.61. The van der Waals surface area contributed by atoms with Crippen LogP contribution in [0, 0.1) is 13.3 Å². The lowest BCUT2D eigenvalue weighted by molar-refractivity contribution is 1.14. The predicted octanol–water partition coefficient (Wildman–Crippen LogP) is 3.95. The molecule has 0 atom stereocenters. The van der Waals surface area contributed by atoms with E-state index in [1.54, 1.807) is 18.3 Å². The quantitative estimate of drug-likeness (QED) is 0.780. The summed E-state index contributed by atoms with van der Waals surface area (Å²) in [6, 6.07) is 5.26. The lowest BCUT2D eigenvalue weighted by Crippen LogP contribution is -1.93. The molecule has 1 radical (unpaired) electrons. The molecule has 3 aromatic rings. The number of nitrogens with one attached hydrogen (secondary N) is 1. The predicted molar refractivity (Wildman–Crippen MR) is 78.6 cm³/mol. The van der Waals surface area contributed by atoms with Crippen LogP contribution in [0.3, 0.4) is 0 Å². The minimum absolute atomic E-state index is 0.522. The molecule has 99 valence electrons. The van der Waals surface area contributed by atoms with E-state index in [0.717, 1.165) is 16.8 Å². The second kappa shape index (κ2) is 5.23. The largest absolute Gasteiger partial charge is 0.344 e. The molecule has 0 aliphatic heterocycles. The molecule has 0 fully saturated rings. The van der Waals surface area contributed by atoms with Gasteiger partial charge in [0.15, 0.2) is 6.33 Å². The molecule has 3 rings (SSSR count). The zero-order valence-corrected chi connectivity index (χ0v) is 12.0. The molecule has 0 bridgehead atoms. The number of aromatic amines is 1. The summed E-state index contributed by atoms with van der Waals surface area (Å²) in [5, 5.41) is 1.10. The van der Waals surface area contributed by atoms with E-state index in [4.69, 9.17) is 23.2 Å². The maximum atomic E-state index is 6.24. The first kappa shape index (κ1) is 13.1. The van der Waals surface area contributed by atoms with Gasteiger partial charge in [-0.3, -0.25) is 0 Å². The van der Waals surface area contributed by atoms with E-state index in [0.29, 0.717) is 21.6 Å². The van der Waals surface area contributed by atoms with Crippen LogP contribution in [-0.2, 0) is 0 Å². The van der Waals surface area contributed by atoms with E-state index < -0.39 is 0 Å². The zero-order chi connectivity index (χ0) is 14.1. The molecule has 1 aromatic carbocycles. The summed E-state index contributed by atoms with van der Waals surface area (Å²) in [5.74, 6) is 0.692. The molecule has 0 spiro atoms. The number of benzene rings is 1. The third-order valence-corrected chi connectivity index (χ3v) is 3.36. The number of hydrogen-bond acceptors (Lipinski definition) is 3. The van der Waals surface area contributed by atoms with Crippen LogP contribution in [0.5, 0.6) is 0 Å². The van der Waals surface area contributed by atoms with Crippen LogP contribution in [-0.4, -0.2) is 19.9 Å². The van der Waals surface area contributed by atoms with Crippen molar-refractivity contribution in [3.05, 3.63) is 52.7 Å². The van der Waals surface area contributed by atoms with E-state index in [2.05, 4.69) is 26.3 Å². The SMILES string of the molecule is Cc1c[nH]c(-c2cn[c]nc2-c2ccc(Cl)cc2Cl)n1. The van der Waals surface area contributed by atoms with Gasteiger partial charge in [0.2, 0.25) is 0 Å². The van der Waals surface area contributed by atoms with Gasteiger partial charge in [0, 0.05) is 23.0 Å². The van der Waals surface area contributed by atoms with E-state index in [-0.39, 0.29) is 0 Å². The fourth-order valence-corrected chi connectivity index (χ4v) is 2.40. The number of H-pyrrole nitrogens is 1. The minimum atomic E-state index is 0.522. The Morgan fingerprint density at radius 3 is 2.75 bits per heavy atom. The number of imidazole rings is 1. The fraction of sp³-hybridized carbons (Fsp3) is 0.0714. The Labute approximate surface area is 125 Å². The van der Waals surface area contributed by atoms with Crippen molar-refractivity contribution in [2.24, 2.45) is 0 Å². The van der Waals surface area contributed by atoms with Crippen molar-refractivity contribution < 1.29 is 0 Å². The van der Waals surface area contributed by atoms with Crippen molar-refractivity contribution in [3.63, 3.8) is 0 Å². The molecule has 1 N–H and O–H groups in total. The number of aromatic nitrogens is 4. The standard InChI is InChI=1S/C14H9Cl2N4/c1-8-5-18-14(20-8)11-6-17-7-19-13(11)10-3-2-9(15)4-12(10)16/h2-6H,1H3,(H,18,20).